The van der Waals surface area contributed by atoms with Gasteiger partial charge in [-0.3, -0.25) is 0 Å². The fraction of sp³-hybridized carbons (Fsp3) is 0.286. The van der Waals surface area contributed by atoms with E-state index in [-0.39, 0.29) is 0 Å². The van der Waals surface area contributed by atoms with Crippen molar-refractivity contribution < 1.29 is 4.74 Å². The summed E-state index contributed by atoms with van der Waals surface area (Å²) in [6.07, 6.45) is 0. The molecule has 3 heteroatoms. The third kappa shape index (κ3) is 3.49. The van der Waals surface area contributed by atoms with Crippen LogP contribution in [0.25, 0.3) is 0 Å². The number of aryl methyl sites for hydroxylation is 1. The Labute approximate surface area is 106 Å². The first-order valence-corrected chi connectivity index (χ1v) is 6.61. The number of anilines is 1. The molecular weight excluding hydrogens is 230 g/mol. The van der Waals surface area contributed by atoms with Crippen molar-refractivity contribution in [1.82, 2.24) is 0 Å². The van der Waals surface area contributed by atoms with Gasteiger partial charge in [0.2, 0.25) is 0 Å². The molecule has 1 aromatic carbocycles. The molecule has 2 rings (SSSR count). The van der Waals surface area contributed by atoms with Crippen molar-refractivity contribution in [1.29, 1.82) is 0 Å². The van der Waals surface area contributed by atoms with E-state index in [1.54, 1.807) is 0 Å². The molecule has 0 fully saturated rings. The summed E-state index contributed by atoms with van der Waals surface area (Å²) >= 11 is 1.83. The van der Waals surface area contributed by atoms with Crippen molar-refractivity contribution in [3.63, 3.8) is 0 Å². The van der Waals surface area contributed by atoms with Gasteiger partial charge in [0.05, 0.1) is 6.61 Å². The maximum absolute atomic E-state index is 5.47. The lowest BCUT2D eigenvalue weighted by Crippen LogP contribution is -1.98. The fourth-order valence-electron chi connectivity index (χ4n) is 1.63. The number of hydrogen-bond acceptors (Lipinski definition) is 3. The highest BCUT2D eigenvalue weighted by Gasteiger charge is 1.98. The number of nitrogens with one attached hydrogen (secondary N) is 1. The van der Waals surface area contributed by atoms with Gasteiger partial charge < -0.3 is 10.1 Å². The van der Waals surface area contributed by atoms with Crippen molar-refractivity contribution in [3.8, 4) is 5.75 Å². The minimum atomic E-state index is 0.702. The molecule has 0 bridgehead atoms. The summed E-state index contributed by atoms with van der Waals surface area (Å²) in [4.78, 5) is 2.70. The minimum absolute atomic E-state index is 0.702. The monoisotopic (exact) mass is 247 g/mol. The molecule has 0 atom stereocenters. The molecule has 0 radical (unpaired) electrons. The second kappa shape index (κ2) is 5.73. The Morgan fingerprint density at radius 1 is 1.24 bits per heavy atom. The van der Waals surface area contributed by atoms with Gasteiger partial charge in [-0.1, -0.05) is 6.07 Å². The van der Waals surface area contributed by atoms with Gasteiger partial charge in [0, 0.05) is 28.1 Å². The standard InChI is InChI=1S/C14H17NOS/c1-3-16-13-6-4-5-12(9-13)15-10-14-8-7-11(2)17-14/h4-9,15H,3,10H2,1-2H3. The normalized spacial score (nSPS) is 10.2. The first kappa shape index (κ1) is 12.0. The van der Waals surface area contributed by atoms with E-state index in [1.807, 2.05) is 36.5 Å². The first-order valence-electron chi connectivity index (χ1n) is 5.80. The van der Waals surface area contributed by atoms with Crippen LogP contribution in [-0.2, 0) is 6.54 Å². The van der Waals surface area contributed by atoms with Crippen molar-refractivity contribution >= 4 is 17.0 Å². The molecule has 0 saturated carbocycles. The maximum atomic E-state index is 5.47. The van der Waals surface area contributed by atoms with E-state index in [2.05, 4.69) is 30.4 Å². The van der Waals surface area contributed by atoms with Crippen molar-refractivity contribution in [3.05, 3.63) is 46.2 Å². The number of thiophene rings is 1. The van der Waals surface area contributed by atoms with E-state index in [4.69, 9.17) is 4.74 Å². The maximum Gasteiger partial charge on any atom is 0.121 e. The molecule has 0 unspecified atom stereocenters. The Balaban J connectivity index is 1.96. The van der Waals surface area contributed by atoms with Crippen LogP contribution in [-0.4, -0.2) is 6.61 Å². The molecular formula is C14H17NOS. The molecule has 0 amide bonds. The van der Waals surface area contributed by atoms with Crippen LogP contribution in [0.4, 0.5) is 5.69 Å². The second-order valence-electron chi connectivity index (χ2n) is 3.83. The zero-order valence-electron chi connectivity index (χ0n) is 10.2. The Hall–Kier alpha value is -1.48. The van der Waals surface area contributed by atoms with Gasteiger partial charge in [-0.05, 0) is 38.1 Å². The highest BCUT2D eigenvalue weighted by Crippen LogP contribution is 2.20. The van der Waals surface area contributed by atoms with Gasteiger partial charge in [0.25, 0.3) is 0 Å². The predicted octanol–water partition coefficient (Wildman–Crippen LogP) is 4.07. The van der Waals surface area contributed by atoms with Crippen LogP contribution in [0, 0.1) is 6.92 Å². The average molecular weight is 247 g/mol. The van der Waals surface area contributed by atoms with E-state index in [9.17, 15) is 0 Å². The highest BCUT2D eigenvalue weighted by molar-refractivity contribution is 7.11. The molecule has 17 heavy (non-hydrogen) atoms. The third-order valence-corrected chi connectivity index (χ3v) is 3.41. The van der Waals surface area contributed by atoms with Gasteiger partial charge in [-0.15, -0.1) is 11.3 Å². The molecule has 1 N–H and O–H groups in total. The Kier molecular flexibility index (Phi) is 4.04. The van der Waals surface area contributed by atoms with Gasteiger partial charge in [0.15, 0.2) is 0 Å². The average Bonchev–Trinajstić information content (AvgIpc) is 2.74. The molecule has 2 nitrogen and oxygen atoms in total. The number of ether oxygens (including phenoxy) is 1. The van der Waals surface area contributed by atoms with Crippen LogP contribution >= 0.6 is 11.3 Å². The number of benzene rings is 1. The van der Waals surface area contributed by atoms with Crippen LogP contribution in [0.15, 0.2) is 36.4 Å². The first-order chi connectivity index (χ1) is 8.28. The van der Waals surface area contributed by atoms with Crippen LogP contribution < -0.4 is 10.1 Å². The zero-order valence-corrected chi connectivity index (χ0v) is 11.0. The Bertz CT molecular complexity index is 479. The Morgan fingerprint density at radius 3 is 2.82 bits per heavy atom. The topological polar surface area (TPSA) is 21.3 Å². The summed E-state index contributed by atoms with van der Waals surface area (Å²) in [5.74, 6) is 0.917. The Morgan fingerprint density at radius 2 is 2.12 bits per heavy atom. The quantitative estimate of drug-likeness (QED) is 0.860. The minimum Gasteiger partial charge on any atom is -0.494 e. The van der Waals surface area contributed by atoms with Crippen LogP contribution in [0.1, 0.15) is 16.7 Å². The molecule has 2 aromatic rings. The zero-order chi connectivity index (χ0) is 12.1. The number of hydrogen-bond donors (Lipinski definition) is 1. The van der Waals surface area contributed by atoms with Crippen molar-refractivity contribution in [2.24, 2.45) is 0 Å². The smallest absolute Gasteiger partial charge is 0.121 e. The van der Waals surface area contributed by atoms with Gasteiger partial charge in [-0.25, -0.2) is 0 Å². The SMILES string of the molecule is CCOc1cccc(NCc2ccc(C)s2)c1. The van der Waals surface area contributed by atoms with E-state index < -0.39 is 0 Å². The van der Waals surface area contributed by atoms with Crippen LogP contribution in [0.3, 0.4) is 0 Å². The number of rotatable bonds is 5. The summed E-state index contributed by atoms with van der Waals surface area (Å²) in [5, 5.41) is 3.40. The molecule has 0 aliphatic carbocycles. The fourth-order valence-corrected chi connectivity index (χ4v) is 2.46. The largest absolute Gasteiger partial charge is 0.494 e. The molecule has 0 spiro atoms. The molecule has 1 aromatic heterocycles. The summed E-state index contributed by atoms with van der Waals surface area (Å²) in [6, 6.07) is 12.4. The molecule has 0 saturated heterocycles. The summed E-state index contributed by atoms with van der Waals surface area (Å²) in [7, 11) is 0. The molecule has 90 valence electrons. The lowest BCUT2D eigenvalue weighted by atomic mass is 10.3. The van der Waals surface area contributed by atoms with Gasteiger partial charge in [0.1, 0.15) is 5.75 Å². The van der Waals surface area contributed by atoms with Gasteiger partial charge in [-0.2, -0.15) is 0 Å². The summed E-state index contributed by atoms with van der Waals surface area (Å²) in [5.41, 5.74) is 1.10. The highest BCUT2D eigenvalue weighted by atomic mass is 32.1. The van der Waals surface area contributed by atoms with E-state index in [0.29, 0.717) is 6.61 Å². The van der Waals surface area contributed by atoms with Crippen molar-refractivity contribution in [2.75, 3.05) is 11.9 Å². The summed E-state index contributed by atoms with van der Waals surface area (Å²) < 4.78 is 5.47. The van der Waals surface area contributed by atoms with E-state index in [1.165, 1.54) is 9.75 Å². The van der Waals surface area contributed by atoms with Crippen LogP contribution in [0.2, 0.25) is 0 Å². The lowest BCUT2D eigenvalue weighted by Gasteiger charge is -2.07. The summed E-state index contributed by atoms with van der Waals surface area (Å²) in [6.45, 7) is 5.69. The molecule has 0 aliphatic rings. The van der Waals surface area contributed by atoms with Crippen molar-refractivity contribution in [2.45, 2.75) is 20.4 Å². The predicted molar refractivity (Wildman–Crippen MR) is 74.0 cm³/mol. The third-order valence-electron chi connectivity index (χ3n) is 2.41. The lowest BCUT2D eigenvalue weighted by molar-refractivity contribution is 0.340. The molecule has 0 aliphatic heterocycles. The van der Waals surface area contributed by atoms with E-state index in [0.717, 1.165) is 18.0 Å². The van der Waals surface area contributed by atoms with Gasteiger partial charge >= 0.3 is 0 Å². The van der Waals surface area contributed by atoms with E-state index >= 15 is 0 Å². The van der Waals surface area contributed by atoms with Crippen LogP contribution in [0.5, 0.6) is 5.75 Å². The molecule has 1 heterocycles. The second-order valence-corrected chi connectivity index (χ2v) is 5.20.